The first-order valence-electron chi connectivity index (χ1n) is 5.84. The summed E-state index contributed by atoms with van der Waals surface area (Å²) in [5.41, 5.74) is 3.35. The topological polar surface area (TPSA) is 25.8 Å². The summed E-state index contributed by atoms with van der Waals surface area (Å²) < 4.78 is 0. The average molecular weight is 245 g/mol. The van der Waals surface area contributed by atoms with Gasteiger partial charge in [-0.15, -0.1) is 0 Å². The van der Waals surface area contributed by atoms with Crippen LogP contribution in [-0.2, 0) is 0 Å². The largest absolute Gasteiger partial charge is 0.233 e. The van der Waals surface area contributed by atoms with Crippen LogP contribution in [-0.4, -0.2) is 9.97 Å². The van der Waals surface area contributed by atoms with Crippen LogP contribution in [0.5, 0.6) is 0 Å². The monoisotopic (exact) mass is 244 g/mol. The number of hydrogen-bond donors (Lipinski definition) is 0. The van der Waals surface area contributed by atoms with Crippen molar-refractivity contribution in [2.75, 3.05) is 0 Å². The Labute approximate surface area is 106 Å². The molecule has 17 heavy (non-hydrogen) atoms. The van der Waals surface area contributed by atoms with E-state index >= 15 is 0 Å². The van der Waals surface area contributed by atoms with Crippen LogP contribution < -0.4 is 0 Å². The lowest BCUT2D eigenvalue weighted by Gasteiger charge is -2.04. The van der Waals surface area contributed by atoms with Crippen molar-refractivity contribution in [3.63, 3.8) is 0 Å². The van der Waals surface area contributed by atoms with E-state index in [1.165, 1.54) is 18.4 Å². The highest BCUT2D eigenvalue weighted by Crippen LogP contribution is 2.40. The molecule has 0 spiro atoms. The Bertz CT molecular complexity index is 545. The molecule has 1 aliphatic carbocycles. The molecule has 0 aliphatic heterocycles. The zero-order chi connectivity index (χ0) is 11.8. The summed E-state index contributed by atoms with van der Waals surface area (Å²) in [4.78, 5) is 8.90. The Balaban J connectivity index is 2.04. The van der Waals surface area contributed by atoms with Gasteiger partial charge in [-0.25, -0.2) is 9.97 Å². The molecule has 2 nitrogen and oxygen atoms in total. The molecule has 0 unspecified atom stereocenters. The van der Waals surface area contributed by atoms with Crippen molar-refractivity contribution in [1.82, 2.24) is 9.97 Å². The lowest BCUT2D eigenvalue weighted by molar-refractivity contribution is 0.994. The van der Waals surface area contributed by atoms with E-state index in [4.69, 9.17) is 11.6 Å². The third-order valence-corrected chi connectivity index (χ3v) is 3.21. The van der Waals surface area contributed by atoms with Crippen LogP contribution in [0.4, 0.5) is 0 Å². The second-order valence-electron chi connectivity index (χ2n) is 4.58. The van der Waals surface area contributed by atoms with Gasteiger partial charge in [-0.1, -0.05) is 41.4 Å². The Morgan fingerprint density at radius 3 is 2.47 bits per heavy atom. The van der Waals surface area contributed by atoms with Crippen molar-refractivity contribution >= 4 is 11.6 Å². The van der Waals surface area contributed by atoms with E-state index in [1.54, 1.807) is 0 Å². The summed E-state index contributed by atoms with van der Waals surface area (Å²) in [6.45, 7) is 2.07. The van der Waals surface area contributed by atoms with Gasteiger partial charge in [-0.3, -0.25) is 0 Å². The minimum Gasteiger partial charge on any atom is -0.233 e. The molecule has 2 aromatic rings. The fraction of sp³-hybridized carbons (Fsp3) is 0.286. The van der Waals surface area contributed by atoms with Gasteiger partial charge in [-0.05, 0) is 25.8 Å². The zero-order valence-corrected chi connectivity index (χ0v) is 10.4. The number of halogens is 1. The molecule has 3 heteroatoms. The van der Waals surface area contributed by atoms with Crippen molar-refractivity contribution in [3.05, 3.63) is 46.7 Å². The first-order valence-corrected chi connectivity index (χ1v) is 6.22. The minimum atomic E-state index is 0.539. The number of aromatic nitrogens is 2. The van der Waals surface area contributed by atoms with E-state index in [0.717, 1.165) is 17.1 Å². The van der Waals surface area contributed by atoms with Crippen LogP contribution in [0, 0.1) is 6.92 Å². The number of benzene rings is 1. The first kappa shape index (κ1) is 10.7. The maximum Gasteiger partial charge on any atom is 0.161 e. The van der Waals surface area contributed by atoms with Crippen LogP contribution in [0.25, 0.3) is 11.4 Å². The van der Waals surface area contributed by atoms with Crippen LogP contribution in [0.2, 0.25) is 5.15 Å². The first-order chi connectivity index (χ1) is 8.22. The van der Waals surface area contributed by atoms with Crippen molar-refractivity contribution in [1.29, 1.82) is 0 Å². The van der Waals surface area contributed by atoms with Crippen LogP contribution in [0.15, 0.2) is 30.3 Å². The van der Waals surface area contributed by atoms with Gasteiger partial charge in [0.15, 0.2) is 5.82 Å². The maximum absolute atomic E-state index is 6.05. The Hall–Kier alpha value is -1.41. The molecule has 1 aliphatic rings. The molecule has 1 aromatic carbocycles. The summed E-state index contributed by atoms with van der Waals surface area (Å²) in [6.07, 6.45) is 2.45. The van der Waals surface area contributed by atoms with Crippen LogP contribution in [0.1, 0.15) is 30.0 Å². The van der Waals surface area contributed by atoms with Crippen LogP contribution >= 0.6 is 11.6 Å². The molecule has 1 aromatic heterocycles. The summed E-state index contributed by atoms with van der Waals surface area (Å²) in [5.74, 6) is 1.33. The Morgan fingerprint density at radius 1 is 1.12 bits per heavy atom. The van der Waals surface area contributed by atoms with Gasteiger partial charge in [0.1, 0.15) is 5.15 Å². The third kappa shape index (κ3) is 2.32. The van der Waals surface area contributed by atoms with Crippen molar-refractivity contribution in [2.24, 2.45) is 0 Å². The standard InChI is InChI=1S/C14H13ClN2/c1-9-2-4-11(5-3-9)14-16-12(10-6-7-10)8-13(15)17-14/h2-5,8,10H,6-7H2,1H3. The second kappa shape index (κ2) is 4.11. The number of hydrogen-bond acceptors (Lipinski definition) is 2. The van der Waals surface area contributed by atoms with Gasteiger partial charge in [0.25, 0.3) is 0 Å². The predicted molar refractivity (Wildman–Crippen MR) is 69.2 cm³/mol. The molecule has 0 saturated heterocycles. The Kier molecular flexibility index (Phi) is 2.60. The number of nitrogens with zero attached hydrogens (tertiary/aromatic N) is 2. The van der Waals surface area contributed by atoms with Gasteiger partial charge < -0.3 is 0 Å². The van der Waals surface area contributed by atoms with E-state index in [9.17, 15) is 0 Å². The zero-order valence-electron chi connectivity index (χ0n) is 9.65. The summed E-state index contributed by atoms with van der Waals surface area (Å²) >= 11 is 6.05. The smallest absolute Gasteiger partial charge is 0.161 e. The molecular weight excluding hydrogens is 232 g/mol. The average Bonchev–Trinajstić information content (AvgIpc) is 3.13. The van der Waals surface area contributed by atoms with Crippen LogP contribution in [0.3, 0.4) is 0 Å². The molecule has 0 bridgehead atoms. The fourth-order valence-corrected chi connectivity index (χ4v) is 2.05. The van der Waals surface area contributed by atoms with E-state index in [0.29, 0.717) is 11.1 Å². The molecule has 0 N–H and O–H groups in total. The molecule has 86 valence electrons. The third-order valence-electron chi connectivity index (χ3n) is 3.02. The highest BCUT2D eigenvalue weighted by Gasteiger charge is 2.26. The highest BCUT2D eigenvalue weighted by molar-refractivity contribution is 6.29. The SMILES string of the molecule is Cc1ccc(-c2nc(Cl)cc(C3CC3)n2)cc1. The summed E-state index contributed by atoms with van der Waals surface area (Å²) in [7, 11) is 0. The molecule has 3 rings (SSSR count). The molecule has 0 atom stereocenters. The van der Waals surface area contributed by atoms with Crippen molar-refractivity contribution in [2.45, 2.75) is 25.7 Å². The van der Waals surface area contributed by atoms with Gasteiger partial charge in [0.2, 0.25) is 0 Å². The van der Waals surface area contributed by atoms with Gasteiger partial charge in [0, 0.05) is 17.2 Å². The molecule has 0 amide bonds. The molecule has 0 radical (unpaired) electrons. The van der Waals surface area contributed by atoms with Gasteiger partial charge in [-0.2, -0.15) is 0 Å². The molecule has 1 fully saturated rings. The predicted octanol–water partition coefficient (Wildman–Crippen LogP) is 3.98. The highest BCUT2D eigenvalue weighted by atomic mass is 35.5. The molecule has 1 heterocycles. The molecular formula is C14H13ClN2. The van der Waals surface area contributed by atoms with E-state index in [1.807, 2.05) is 18.2 Å². The summed E-state index contributed by atoms with van der Waals surface area (Å²) in [6, 6.07) is 10.1. The minimum absolute atomic E-state index is 0.539. The quantitative estimate of drug-likeness (QED) is 0.747. The number of aryl methyl sites for hydroxylation is 1. The summed E-state index contributed by atoms with van der Waals surface area (Å²) in [5, 5.41) is 0.539. The van der Waals surface area contributed by atoms with Gasteiger partial charge in [0.05, 0.1) is 0 Å². The fourth-order valence-electron chi connectivity index (χ4n) is 1.86. The lowest BCUT2D eigenvalue weighted by atomic mass is 10.1. The maximum atomic E-state index is 6.05. The lowest BCUT2D eigenvalue weighted by Crippen LogP contribution is -1.94. The normalized spacial score (nSPS) is 14.9. The van der Waals surface area contributed by atoms with Gasteiger partial charge >= 0.3 is 0 Å². The second-order valence-corrected chi connectivity index (χ2v) is 4.97. The van der Waals surface area contributed by atoms with E-state index in [-0.39, 0.29) is 0 Å². The molecule has 1 saturated carbocycles. The van der Waals surface area contributed by atoms with Crippen molar-refractivity contribution in [3.8, 4) is 11.4 Å². The van der Waals surface area contributed by atoms with E-state index < -0.39 is 0 Å². The Morgan fingerprint density at radius 2 is 1.82 bits per heavy atom. The van der Waals surface area contributed by atoms with Crippen molar-refractivity contribution < 1.29 is 0 Å². The number of rotatable bonds is 2. The van der Waals surface area contributed by atoms with E-state index in [2.05, 4.69) is 29.0 Å².